The zero-order valence-electron chi connectivity index (χ0n) is 16.1. The van der Waals surface area contributed by atoms with Gasteiger partial charge in [-0.3, -0.25) is 4.79 Å². The first-order valence-electron chi connectivity index (χ1n) is 9.45. The minimum absolute atomic E-state index is 0.100. The summed E-state index contributed by atoms with van der Waals surface area (Å²) >= 11 is 1.55. The van der Waals surface area contributed by atoms with Crippen molar-refractivity contribution in [3.63, 3.8) is 0 Å². The van der Waals surface area contributed by atoms with Crippen LogP contribution in [-0.2, 0) is 16.1 Å². The van der Waals surface area contributed by atoms with Crippen LogP contribution < -0.4 is 0 Å². The lowest BCUT2D eigenvalue weighted by Crippen LogP contribution is -2.48. The van der Waals surface area contributed by atoms with Gasteiger partial charge in [-0.2, -0.15) is 0 Å². The Bertz CT molecular complexity index is 749. The summed E-state index contributed by atoms with van der Waals surface area (Å²) in [6, 6.07) is 8.21. The molecule has 1 saturated heterocycles. The molecule has 6 heteroatoms. The number of rotatable bonds is 6. The van der Waals surface area contributed by atoms with Crippen molar-refractivity contribution in [3.8, 4) is 0 Å². The molecule has 0 unspecified atom stereocenters. The lowest BCUT2D eigenvalue weighted by atomic mass is 10.1. The Labute approximate surface area is 160 Å². The van der Waals surface area contributed by atoms with Crippen molar-refractivity contribution >= 4 is 28.7 Å². The van der Waals surface area contributed by atoms with Crippen molar-refractivity contribution in [1.29, 1.82) is 0 Å². The molecule has 1 aromatic heterocycles. The predicted molar refractivity (Wildman–Crippen MR) is 107 cm³/mol. The molecular formula is C20H29N3O2S. The molecule has 142 valence electrons. The van der Waals surface area contributed by atoms with Gasteiger partial charge in [0, 0.05) is 19.6 Å². The first-order chi connectivity index (χ1) is 12.4. The van der Waals surface area contributed by atoms with E-state index in [4.69, 9.17) is 9.72 Å². The first-order valence-corrected chi connectivity index (χ1v) is 10.4. The Hall–Kier alpha value is -1.53. The molecule has 0 aliphatic carbocycles. The monoisotopic (exact) mass is 375 g/mol. The van der Waals surface area contributed by atoms with E-state index in [0.717, 1.165) is 29.2 Å². The average Bonchev–Trinajstić information content (AvgIpc) is 2.94. The van der Waals surface area contributed by atoms with E-state index in [-0.39, 0.29) is 18.1 Å². The maximum absolute atomic E-state index is 12.7. The number of carbonyl (C=O) groups is 1. The molecule has 0 radical (unpaired) electrons. The highest BCUT2D eigenvalue weighted by Gasteiger charge is 2.26. The number of ether oxygens (including phenoxy) is 1. The maximum Gasteiger partial charge on any atom is 0.233 e. The number of morpholine rings is 1. The molecule has 0 saturated carbocycles. The molecule has 2 atom stereocenters. The van der Waals surface area contributed by atoms with E-state index < -0.39 is 0 Å². The summed E-state index contributed by atoms with van der Waals surface area (Å²) in [6.07, 6.45) is 1.30. The number of thioether (sulfide) groups is 1. The summed E-state index contributed by atoms with van der Waals surface area (Å²) in [5.41, 5.74) is 2.15. The average molecular weight is 376 g/mol. The maximum atomic E-state index is 12.7. The molecule has 0 spiro atoms. The Kier molecular flexibility index (Phi) is 6.24. The molecule has 5 nitrogen and oxygen atoms in total. The van der Waals surface area contributed by atoms with Crippen LogP contribution in [0.2, 0.25) is 0 Å². The number of para-hydroxylation sites is 2. The standard InChI is InChI=1S/C20H29N3O2S/c1-14(2)9-10-23-18-8-6-5-7-17(18)21-20(23)26-13-19(24)22-11-15(3)25-16(4)12-22/h5-8,14-16H,9-13H2,1-4H3/t15-,16+. The normalized spacial score (nSPS) is 20.9. The highest BCUT2D eigenvalue weighted by Crippen LogP contribution is 2.26. The number of aryl methyl sites for hydroxylation is 1. The van der Waals surface area contributed by atoms with Crippen LogP contribution in [0.25, 0.3) is 11.0 Å². The molecule has 1 fully saturated rings. The third kappa shape index (κ3) is 4.60. The number of nitrogens with zero attached hydrogens (tertiary/aromatic N) is 3. The van der Waals surface area contributed by atoms with E-state index in [2.05, 4.69) is 24.5 Å². The van der Waals surface area contributed by atoms with Gasteiger partial charge in [-0.05, 0) is 38.3 Å². The van der Waals surface area contributed by atoms with E-state index >= 15 is 0 Å². The quantitative estimate of drug-likeness (QED) is 0.721. The van der Waals surface area contributed by atoms with Crippen molar-refractivity contribution < 1.29 is 9.53 Å². The van der Waals surface area contributed by atoms with Gasteiger partial charge in [0.15, 0.2) is 5.16 Å². The van der Waals surface area contributed by atoms with Crippen LogP contribution in [0, 0.1) is 5.92 Å². The zero-order valence-corrected chi connectivity index (χ0v) is 17.0. The van der Waals surface area contributed by atoms with Crippen molar-refractivity contribution in [1.82, 2.24) is 14.5 Å². The Morgan fingerprint density at radius 3 is 2.65 bits per heavy atom. The summed E-state index contributed by atoms with van der Waals surface area (Å²) in [4.78, 5) is 19.4. The summed E-state index contributed by atoms with van der Waals surface area (Å²) in [6.45, 7) is 10.8. The van der Waals surface area contributed by atoms with Gasteiger partial charge in [-0.1, -0.05) is 37.7 Å². The SMILES string of the molecule is CC(C)CCn1c(SCC(=O)N2C[C@@H](C)O[C@@H](C)C2)nc2ccccc21. The molecule has 1 amide bonds. The van der Waals surface area contributed by atoms with Gasteiger partial charge in [0.2, 0.25) is 5.91 Å². The first kappa shape index (κ1) is 19.2. The molecule has 26 heavy (non-hydrogen) atoms. The molecular weight excluding hydrogens is 346 g/mol. The minimum Gasteiger partial charge on any atom is -0.372 e. The predicted octanol–water partition coefficient (Wildman–Crippen LogP) is 3.81. The molecule has 0 N–H and O–H groups in total. The van der Waals surface area contributed by atoms with Gasteiger partial charge in [0.25, 0.3) is 0 Å². The summed E-state index contributed by atoms with van der Waals surface area (Å²) < 4.78 is 7.99. The fourth-order valence-corrected chi connectivity index (χ4v) is 4.31. The number of benzene rings is 1. The van der Waals surface area contributed by atoms with E-state index in [1.54, 1.807) is 11.8 Å². The lowest BCUT2D eigenvalue weighted by Gasteiger charge is -2.35. The minimum atomic E-state index is 0.100. The van der Waals surface area contributed by atoms with Crippen molar-refractivity contribution in [2.24, 2.45) is 5.92 Å². The number of fused-ring (bicyclic) bond motifs is 1. The summed E-state index contributed by atoms with van der Waals surface area (Å²) in [5.74, 6) is 1.22. The molecule has 1 aliphatic heterocycles. The van der Waals surface area contributed by atoms with E-state index in [0.29, 0.717) is 24.8 Å². The van der Waals surface area contributed by atoms with E-state index in [9.17, 15) is 4.79 Å². The molecule has 2 heterocycles. The van der Waals surface area contributed by atoms with Crippen LogP contribution in [0.3, 0.4) is 0 Å². The smallest absolute Gasteiger partial charge is 0.233 e. The molecule has 3 rings (SSSR count). The summed E-state index contributed by atoms with van der Waals surface area (Å²) in [5, 5.41) is 0.939. The third-order valence-electron chi connectivity index (χ3n) is 4.65. The number of imidazole rings is 1. The van der Waals surface area contributed by atoms with Crippen LogP contribution in [-0.4, -0.2) is 51.4 Å². The second kappa shape index (κ2) is 8.44. The fraction of sp³-hybridized carbons (Fsp3) is 0.600. The highest BCUT2D eigenvalue weighted by molar-refractivity contribution is 7.99. The van der Waals surface area contributed by atoms with Crippen molar-refractivity contribution in [3.05, 3.63) is 24.3 Å². The van der Waals surface area contributed by atoms with Gasteiger partial charge in [-0.25, -0.2) is 4.98 Å². The zero-order chi connectivity index (χ0) is 18.7. The second-order valence-corrected chi connectivity index (χ2v) is 8.50. The van der Waals surface area contributed by atoms with E-state index in [1.807, 2.05) is 36.9 Å². The Morgan fingerprint density at radius 1 is 1.27 bits per heavy atom. The highest BCUT2D eigenvalue weighted by atomic mass is 32.2. The van der Waals surface area contributed by atoms with Gasteiger partial charge in [0.05, 0.1) is 29.0 Å². The van der Waals surface area contributed by atoms with Gasteiger partial charge in [-0.15, -0.1) is 0 Å². The van der Waals surface area contributed by atoms with Crippen molar-refractivity contribution in [2.45, 2.75) is 58.0 Å². The molecule has 1 aromatic carbocycles. The van der Waals surface area contributed by atoms with Crippen LogP contribution >= 0.6 is 11.8 Å². The fourth-order valence-electron chi connectivity index (χ4n) is 3.37. The van der Waals surface area contributed by atoms with Crippen molar-refractivity contribution in [2.75, 3.05) is 18.8 Å². The number of carbonyl (C=O) groups excluding carboxylic acids is 1. The topological polar surface area (TPSA) is 47.4 Å². The summed E-state index contributed by atoms with van der Waals surface area (Å²) in [7, 11) is 0. The number of hydrogen-bond acceptors (Lipinski definition) is 4. The third-order valence-corrected chi connectivity index (χ3v) is 5.61. The number of amides is 1. The number of aromatic nitrogens is 2. The van der Waals surface area contributed by atoms with Gasteiger partial charge >= 0.3 is 0 Å². The van der Waals surface area contributed by atoms with Crippen LogP contribution in [0.5, 0.6) is 0 Å². The van der Waals surface area contributed by atoms with E-state index in [1.165, 1.54) is 0 Å². The number of hydrogen-bond donors (Lipinski definition) is 0. The van der Waals surface area contributed by atoms with Crippen LogP contribution in [0.15, 0.2) is 29.4 Å². The van der Waals surface area contributed by atoms with Gasteiger partial charge in [0.1, 0.15) is 0 Å². The van der Waals surface area contributed by atoms with Crippen LogP contribution in [0.4, 0.5) is 0 Å². The lowest BCUT2D eigenvalue weighted by molar-refractivity contribution is -0.140. The van der Waals surface area contributed by atoms with Crippen LogP contribution in [0.1, 0.15) is 34.1 Å². The molecule has 1 aliphatic rings. The second-order valence-electron chi connectivity index (χ2n) is 7.56. The molecule has 2 aromatic rings. The Balaban J connectivity index is 1.71. The largest absolute Gasteiger partial charge is 0.372 e. The molecule has 0 bridgehead atoms. The Morgan fingerprint density at radius 2 is 1.96 bits per heavy atom. The van der Waals surface area contributed by atoms with Gasteiger partial charge < -0.3 is 14.2 Å².